The van der Waals surface area contributed by atoms with Gasteiger partial charge in [-0.3, -0.25) is 9.59 Å². The number of aromatic nitrogens is 2. The van der Waals surface area contributed by atoms with E-state index >= 15 is 0 Å². The lowest BCUT2D eigenvalue weighted by Gasteiger charge is -2.13. The Balaban J connectivity index is 2.74. The topological polar surface area (TPSA) is 128 Å². The first-order valence-electron chi connectivity index (χ1n) is 6.15. The van der Waals surface area contributed by atoms with Crippen LogP contribution in [0.25, 0.3) is 0 Å². The quantitative estimate of drug-likeness (QED) is 0.618. The highest BCUT2D eigenvalue weighted by atomic mass is 32.2. The number of nitrogens with zero attached hydrogens (tertiary/aromatic N) is 2. The van der Waals surface area contributed by atoms with Crippen LogP contribution in [0.1, 0.15) is 19.8 Å². The van der Waals surface area contributed by atoms with Crippen molar-refractivity contribution in [2.75, 3.05) is 6.61 Å². The van der Waals surface area contributed by atoms with Crippen LogP contribution in [-0.2, 0) is 31.4 Å². The maximum atomic E-state index is 12.0. The molecule has 0 aromatic carbocycles. The molecule has 1 atom stereocenters. The van der Waals surface area contributed by atoms with Crippen LogP contribution in [0.4, 0.5) is 0 Å². The van der Waals surface area contributed by atoms with E-state index in [4.69, 9.17) is 5.11 Å². The van der Waals surface area contributed by atoms with E-state index in [9.17, 15) is 18.0 Å². The Kier molecular flexibility index (Phi) is 5.85. The lowest BCUT2D eigenvalue weighted by atomic mass is 10.2. The van der Waals surface area contributed by atoms with E-state index in [1.54, 1.807) is 14.0 Å². The summed E-state index contributed by atoms with van der Waals surface area (Å²) >= 11 is 0. The average Bonchev–Trinajstić information content (AvgIpc) is 2.82. The lowest BCUT2D eigenvalue weighted by Crippen LogP contribution is -2.41. The molecule has 1 rings (SSSR count). The largest absolute Gasteiger partial charge is 0.480 e. The SMILES string of the molecule is CCOC(=O)CC[C@H](NS(=O)(=O)c1cn(C)cn1)C(=O)O. The van der Waals surface area contributed by atoms with E-state index < -0.39 is 28.0 Å². The monoisotopic (exact) mass is 319 g/mol. The number of ether oxygens (including phenoxy) is 1. The van der Waals surface area contributed by atoms with Crippen LogP contribution in [0.5, 0.6) is 0 Å². The predicted octanol–water partition coefficient (Wildman–Crippen LogP) is -0.505. The summed E-state index contributed by atoms with van der Waals surface area (Å²) in [6.45, 7) is 1.80. The summed E-state index contributed by atoms with van der Waals surface area (Å²) in [6, 6.07) is -1.43. The average molecular weight is 319 g/mol. The fourth-order valence-corrected chi connectivity index (χ4v) is 2.71. The zero-order valence-electron chi connectivity index (χ0n) is 11.6. The lowest BCUT2D eigenvalue weighted by molar-refractivity contribution is -0.144. The van der Waals surface area contributed by atoms with Crippen molar-refractivity contribution in [2.45, 2.75) is 30.8 Å². The number of imidazole rings is 1. The smallest absolute Gasteiger partial charge is 0.321 e. The Hall–Kier alpha value is -1.94. The Morgan fingerprint density at radius 3 is 2.67 bits per heavy atom. The van der Waals surface area contributed by atoms with Crippen molar-refractivity contribution in [3.05, 3.63) is 12.5 Å². The molecular weight excluding hydrogens is 302 g/mol. The van der Waals surface area contributed by atoms with Crippen molar-refractivity contribution < 1.29 is 27.9 Å². The van der Waals surface area contributed by atoms with Gasteiger partial charge in [0.25, 0.3) is 10.0 Å². The molecule has 0 aliphatic rings. The van der Waals surface area contributed by atoms with Gasteiger partial charge in [0.1, 0.15) is 6.04 Å². The number of hydrogen-bond donors (Lipinski definition) is 2. The molecule has 10 heteroatoms. The number of aliphatic carboxylic acids is 1. The second-order valence-corrected chi connectivity index (χ2v) is 5.89. The molecule has 0 fully saturated rings. The summed E-state index contributed by atoms with van der Waals surface area (Å²) < 4.78 is 32.0. The van der Waals surface area contributed by atoms with Crippen LogP contribution >= 0.6 is 0 Å². The maximum absolute atomic E-state index is 12.0. The van der Waals surface area contributed by atoms with Crippen LogP contribution in [0, 0.1) is 0 Å². The fourth-order valence-electron chi connectivity index (χ4n) is 1.50. The highest BCUT2D eigenvalue weighted by Crippen LogP contribution is 2.08. The number of aryl methyl sites for hydroxylation is 1. The molecule has 118 valence electrons. The van der Waals surface area contributed by atoms with Crippen molar-refractivity contribution in [3.63, 3.8) is 0 Å². The van der Waals surface area contributed by atoms with Crippen molar-refractivity contribution >= 4 is 22.0 Å². The molecule has 1 heterocycles. The number of rotatable bonds is 8. The third kappa shape index (κ3) is 5.16. The molecule has 0 aliphatic heterocycles. The number of carbonyl (C=O) groups is 2. The third-order valence-electron chi connectivity index (χ3n) is 2.49. The molecule has 9 nitrogen and oxygen atoms in total. The van der Waals surface area contributed by atoms with Gasteiger partial charge in [-0.15, -0.1) is 0 Å². The van der Waals surface area contributed by atoms with Crippen LogP contribution in [0.2, 0.25) is 0 Å². The third-order valence-corrected chi connectivity index (χ3v) is 3.85. The summed E-state index contributed by atoms with van der Waals surface area (Å²) in [5, 5.41) is 8.74. The zero-order valence-corrected chi connectivity index (χ0v) is 12.5. The Labute approximate surface area is 122 Å². The standard InChI is InChI=1S/C11H17N3O6S/c1-3-20-10(15)5-4-8(11(16)17)13-21(18,19)9-6-14(2)7-12-9/h6-8,13H,3-5H2,1-2H3,(H,16,17)/t8-/m0/s1. The van der Waals surface area contributed by atoms with Gasteiger partial charge in [-0.1, -0.05) is 0 Å². The van der Waals surface area contributed by atoms with Gasteiger partial charge >= 0.3 is 11.9 Å². The van der Waals surface area contributed by atoms with Gasteiger partial charge in [0, 0.05) is 19.7 Å². The maximum Gasteiger partial charge on any atom is 0.321 e. The number of hydrogen-bond acceptors (Lipinski definition) is 6. The van der Waals surface area contributed by atoms with E-state index in [2.05, 4.69) is 9.72 Å². The summed E-state index contributed by atoms with van der Waals surface area (Å²) in [5.74, 6) is -1.96. The minimum absolute atomic E-state index is 0.177. The number of carboxylic acids is 1. The van der Waals surface area contributed by atoms with Gasteiger partial charge in [-0.25, -0.2) is 13.4 Å². The molecule has 0 radical (unpaired) electrons. The second kappa shape index (κ2) is 7.18. The van der Waals surface area contributed by atoms with Gasteiger partial charge in [0.15, 0.2) is 5.03 Å². The van der Waals surface area contributed by atoms with E-state index in [-0.39, 0.29) is 24.5 Å². The molecule has 21 heavy (non-hydrogen) atoms. The van der Waals surface area contributed by atoms with Gasteiger partial charge in [-0.05, 0) is 13.3 Å². The highest BCUT2D eigenvalue weighted by Gasteiger charge is 2.27. The number of carboxylic acid groups (broad SMARTS) is 1. The number of nitrogens with one attached hydrogen (secondary N) is 1. The molecule has 0 unspecified atom stereocenters. The zero-order chi connectivity index (χ0) is 16.0. The molecule has 0 saturated carbocycles. The normalized spacial score (nSPS) is 12.9. The van der Waals surface area contributed by atoms with Crippen LogP contribution < -0.4 is 4.72 Å². The first-order chi connectivity index (χ1) is 9.76. The number of carbonyl (C=O) groups excluding carboxylic acids is 1. The summed E-state index contributed by atoms with van der Waals surface area (Å²) in [6.07, 6.45) is 2.12. The summed E-state index contributed by atoms with van der Waals surface area (Å²) in [5.41, 5.74) is 0. The Bertz CT molecular complexity index is 609. The number of sulfonamides is 1. The van der Waals surface area contributed by atoms with Crippen molar-refractivity contribution in [1.29, 1.82) is 0 Å². The Morgan fingerprint density at radius 1 is 1.52 bits per heavy atom. The van der Waals surface area contributed by atoms with Crippen LogP contribution in [0.3, 0.4) is 0 Å². The van der Waals surface area contributed by atoms with E-state index in [0.29, 0.717) is 0 Å². The fraction of sp³-hybridized carbons (Fsp3) is 0.545. The summed E-state index contributed by atoms with van der Waals surface area (Å²) in [4.78, 5) is 25.9. The van der Waals surface area contributed by atoms with Gasteiger partial charge < -0.3 is 14.4 Å². The van der Waals surface area contributed by atoms with E-state index in [0.717, 1.165) is 0 Å². The molecule has 0 saturated heterocycles. The Morgan fingerprint density at radius 2 is 2.19 bits per heavy atom. The minimum Gasteiger partial charge on any atom is -0.480 e. The van der Waals surface area contributed by atoms with Crippen molar-refractivity contribution in [1.82, 2.24) is 14.3 Å². The van der Waals surface area contributed by atoms with E-state index in [1.807, 2.05) is 4.72 Å². The van der Waals surface area contributed by atoms with Crippen LogP contribution in [0.15, 0.2) is 17.6 Å². The molecule has 1 aromatic rings. The minimum atomic E-state index is -4.06. The van der Waals surface area contributed by atoms with Gasteiger partial charge in [-0.2, -0.15) is 4.72 Å². The molecule has 1 aromatic heterocycles. The van der Waals surface area contributed by atoms with Gasteiger partial charge in [0.05, 0.1) is 12.9 Å². The van der Waals surface area contributed by atoms with E-state index in [1.165, 1.54) is 17.1 Å². The second-order valence-electron chi connectivity index (χ2n) is 4.23. The number of esters is 1. The first-order valence-corrected chi connectivity index (χ1v) is 7.63. The van der Waals surface area contributed by atoms with Gasteiger partial charge in [0.2, 0.25) is 0 Å². The van der Waals surface area contributed by atoms with Crippen molar-refractivity contribution in [2.24, 2.45) is 7.05 Å². The molecule has 2 N–H and O–H groups in total. The predicted molar refractivity (Wildman–Crippen MR) is 70.8 cm³/mol. The molecule has 0 amide bonds. The summed E-state index contributed by atoms with van der Waals surface area (Å²) in [7, 11) is -2.47. The molecule has 0 spiro atoms. The van der Waals surface area contributed by atoms with Crippen LogP contribution in [-0.4, -0.2) is 47.7 Å². The first kappa shape index (κ1) is 17.1. The molecular formula is C11H17N3O6S. The van der Waals surface area contributed by atoms with Crippen molar-refractivity contribution in [3.8, 4) is 0 Å². The molecule has 0 bridgehead atoms. The molecule has 0 aliphatic carbocycles. The highest BCUT2D eigenvalue weighted by molar-refractivity contribution is 7.89.